The van der Waals surface area contributed by atoms with Crippen molar-refractivity contribution in [2.45, 2.75) is 32.4 Å². The number of nitrogens with one attached hydrogen (secondary N) is 1. The molecule has 0 saturated heterocycles. The Morgan fingerprint density at radius 1 is 1.45 bits per heavy atom. The number of hydrogen-bond donors (Lipinski definition) is 2. The van der Waals surface area contributed by atoms with Gasteiger partial charge >= 0.3 is 0 Å². The molecule has 1 aliphatic carbocycles. The summed E-state index contributed by atoms with van der Waals surface area (Å²) >= 11 is 5.94. The first kappa shape index (κ1) is 16.8. The average Bonchev–Trinajstić information content (AvgIpc) is 2.92. The number of aliphatic hydroxyl groups is 1. The lowest BCUT2D eigenvalue weighted by atomic mass is 10.1. The molecule has 0 fully saturated rings. The Morgan fingerprint density at radius 2 is 2.23 bits per heavy atom. The van der Waals surface area contributed by atoms with Gasteiger partial charge in [0.25, 0.3) is 5.91 Å². The van der Waals surface area contributed by atoms with Crippen molar-refractivity contribution in [3.8, 4) is 5.75 Å². The highest BCUT2D eigenvalue weighted by molar-refractivity contribution is 6.30. The van der Waals surface area contributed by atoms with Crippen LogP contribution in [0.5, 0.6) is 5.75 Å². The second kappa shape index (κ2) is 7.65. The largest absolute Gasteiger partial charge is 0.480 e. The lowest BCUT2D eigenvalue weighted by Gasteiger charge is -2.24. The number of ether oxygens (including phenoxy) is 1. The molecule has 1 aromatic carbocycles. The Bertz CT molecular complexity index is 544. The van der Waals surface area contributed by atoms with E-state index >= 15 is 0 Å². The van der Waals surface area contributed by atoms with Crippen molar-refractivity contribution in [2.24, 2.45) is 11.8 Å². The average molecular weight is 324 g/mol. The van der Waals surface area contributed by atoms with Crippen molar-refractivity contribution in [1.29, 1.82) is 0 Å². The predicted octanol–water partition coefficient (Wildman–Crippen LogP) is 2.80. The van der Waals surface area contributed by atoms with Gasteiger partial charge in [-0.05, 0) is 30.5 Å². The van der Waals surface area contributed by atoms with Crippen LogP contribution in [0.4, 0.5) is 0 Å². The monoisotopic (exact) mass is 323 g/mol. The summed E-state index contributed by atoms with van der Waals surface area (Å²) in [6.07, 6.45) is 4.01. The molecule has 2 rings (SSSR count). The summed E-state index contributed by atoms with van der Waals surface area (Å²) in [5.41, 5.74) is 0. The third-order valence-corrected chi connectivity index (χ3v) is 3.89. The van der Waals surface area contributed by atoms with E-state index in [1.54, 1.807) is 24.3 Å². The molecule has 3 atom stereocenters. The smallest absolute Gasteiger partial charge is 0.261 e. The van der Waals surface area contributed by atoms with E-state index in [9.17, 15) is 4.79 Å². The molecule has 1 aromatic rings. The van der Waals surface area contributed by atoms with Crippen LogP contribution in [0.1, 0.15) is 20.3 Å². The second-order valence-corrected chi connectivity index (χ2v) is 6.35. The summed E-state index contributed by atoms with van der Waals surface area (Å²) in [5, 5.41) is 12.7. The summed E-state index contributed by atoms with van der Waals surface area (Å²) in [7, 11) is 0. The molecule has 1 aliphatic rings. The van der Waals surface area contributed by atoms with Crippen molar-refractivity contribution in [3.63, 3.8) is 0 Å². The Morgan fingerprint density at radius 3 is 2.82 bits per heavy atom. The maximum absolute atomic E-state index is 12.5. The molecule has 4 nitrogen and oxygen atoms in total. The summed E-state index contributed by atoms with van der Waals surface area (Å²) in [5.74, 6) is 0.578. The van der Waals surface area contributed by atoms with E-state index in [0.717, 1.165) is 6.42 Å². The Balaban J connectivity index is 1.99. The summed E-state index contributed by atoms with van der Waals surface area (Å²) in [4.78, 5) is 12.5. The van der Waals surface area contributed by atoms with Crippen LogP contribution in [-0.4, -0.2) is 29.8 Å². The molecule has 0 bridgehead atoms. The lowest BCUT2D eigenvalue weighted by molar-refractivity contribution is -0.130. The molecule has 120 valence electrons. The zero-order chi connectivity index (χ0) is 16.1. The molecule has 0 spiro atoms. The lowest BCUT2D eigenvalue weighted by Crippen LogP contribution is -2.45. The molecule has 5 heteroatoms. The van der Waals surface area contributed by atoms with Crippen LogP contribution in [0.15, 0.2) is 36.4 Å². The standard InChI is InChI=1S/C17H22ClNO3/c1-11(2)16(22-15-5-3-4-13(18)9-15)17(21)19-14-7-6-12(8-14)10-20/h3-7,9,11-12,14,16,20H,8,10H2,1-2H3,(H,19,21)/t12-,14+,16-/m0/s1. The predicted molar refractivity (Wildman–Crippen MR) is 87.0 cm³/mol. The van der Waals surface area contributed by atoms with Gasteiger partial charge in [0.15, 0.2) is 6.10 Å². The molecule has 0 aromatic heterocycles. The highest BCUT2D eigenvalue weighted by atomic mass is 35.5. The van der Waals surface area contributed by atoms with Crippen molar-refractivity contribution < 1.29 is 14.6 Å². The van der Waals surface area contributed by atoms with Crippen LogP contribution in [0.25, 0.3) is 0 Å². The van der Waals surface area contributed by atoms with Gasteiger partial charge in [-0.2, -0.15) is 0 Å². The van der Waals surface area contributed by atoms with Crippen molar-refractivity contribution in [2.75, 3.05) is 6.61 Å². The van der Waals surface area contributed by atoms with Gasteiger partial charge < -0.3 is 15.2 Å². The van der Waals surface area contributed by atoms with E-state index in [2.05, 4.69) is 5.32 Å². The maximum atomic E-state index is 12.5. The Kier molecular flexibility index (Phi) is 5.86. The van der Waals surface area contributed by atoms with Crippen LogP contribution < -0.4 is 10.1 Å². The topological polar surface area (TPSA) is 58.6 Å². The molecule has 22 heavy (non-hydrogen) atoms. The number of carbonyl (C=O) groups is 1. The number of rotatable bonds is 6. The first-order chi connectivity index (χ1) is 10.5. The fourth-order valence-electron chi connectivity index (χ4n) is 2.46. The number of benzene rings is 1. The minimum absolute atomic E-state index is 0.0259. The molecule has 0 heterocycles. The van der Waals surface area contributed by atoms with Crippen LogP contribution in [0.3, 0.4) is 0 Å². The fraction of sp³-hybridized carbons (Fsp3) is 0.471. The minimum Gasteiger partial charge on any atom is -0.480 e. The van der Waals surface area contributed by atoms with Crippen molar-refractivity contribution in [3.05, 3.63) is 41.4 Å². The highest BCUT2D eigenvalue weighted by Gasteiger charge is 2.28. The third kappa shape index (κ3) is 4.49. The van der Waals surface area contributed by atoms with Gasteiger partial charge in [-0.3, -0.25) is 4.79 Å². The molecular weight excluding hydrogens is 302 g/mol. The molecule has 2 N–H and O–H groups in total. The molecule has 1 amide bonds. The highest BCUT2D eigenvalue weighted by Crippen LogP contribution is 2.22. The van der Waals surface area contributed by atoms with Crippen LogP contribution >= 0.6 is 11.6 Å². The quantitative estimate of drug-likeness (QED) is 0.791. The minimum atomic E-state index is -0.583. The fourth-order valence-corrected chi connectivity index (χ4v) is 2.64. The number of aliphatic hydroxyl groups excluding tert-OH is 1. The third-order valence-electron chi connectivity index (χ3n) is 3.66. The van der Waals surface area contributed by atoms with Gasteiger partial charge in [-0.25, -0.2) is 0 Å². The van der Waals surface area contributed by atoms with Gasteiger partial charge in [-0.15, -0.1) is 0 Å². The van der Waals surface area contributed by atoms with E-state index in [1.165, 1.54) is 0 Å². The maximum Gasteiger partial charge on any atom is 0.261 e. The summed E-state index contributed by atoms with van der Waals surface area (Å²) in [6, 6.07) is 6.98. The first-order valence-electron chi connectivity index (χ1n) is 7.51. The van der Waals surface area contributed by atoms with Gasteiger partial charge in [-0.1, -0.05) is 43.7 Å². The van der Waals surface area contributed by atoms with E-state index in [4.69, 9.17) is 21.4 Å². The van der Waals surface area contributed by atoms with Crippen molar-refractivity contribution in [1.82, 2.24) is 5.32 Å². The van der Waals surface area contributed by atoms with E-state index in [1.807, 2.05) is 26.0 Å². The molecule has 0 radical (unpaired) electrons. The van der Waals surface area contributed by atoms with Crippen LogP contribution in [-0.2, 0) is 4.79 Å². The molecule has 0 unspecified atom stereocenters. The number of halogens is 1. The SMILES string of the molecule is CC(C)[C@H](Oc1cccc(Cl)c1)C(=O)N[C@@H]1C=C[C@H](CO)C1. The number of amides is 1. The first-order valence-corrected chi connectivity index (χ1v) is 7.89. The van der Waals surface area contributed by atoms with Crippen LogP contribution in [0.2, 0.25) is 5.02 Å². The van der Waals surface area contributed by atoms with Gasteiger partial charge in [0.05, 0.1) is 0 Å². The van der Waals surface area contributed by atoms with Gasteiger partial charge in [0.1, 0.15) is 5.75 Å². The molecular formula is C17H22ClNO3. The zero-order valence-corrected chi connectivity index (χ0v) is 13.6. The zero-order valence-electron chi connectivity index (χ0n) is 12.8. The number of hydrogen-bond acceptors (Lipinski definition) is 3. The van der Waals surface area contributed by atoms with E-state index in [0.29, 0.717) is 10.8 Å². The Hall–Kier alpha value is -1.52. The van der Waals surface area contributed by atoms with Gasteiger partial charge in [0.2, 0.25) is 0 Å². The van der Waals surface area contributed by atoms with Crippen molar-refractivity contribution >= 4 is 17.5 Å². The second-order valence-electron chi connectivity index (χ2n) is 5.92. The van der Waals surface area contributed by atoms with Gasteiger partial charge in [0, 0.05) is 23.6 Å². The normalized spacial score (nSPS) is 21.9. The molecule has 0 saturated carbocycles. The van der Waals surface area contributed by atoms with Crippen LogP contribution in [0, 0.1) is 11.8 Å². The summed E-state index contributed by atoms with van der Waals surface area (Å²) < 4.78 is 5.81. The number of carbonyl (C=O) groups excluding carboxylic acids is 1. The van der Waals surface area contributed by atoms with E-state index < -0.39 is 6.10 Å². The Labute approximate surface area is 136 Å². The van der Waals surface area contributed by atoms with E-state index in [-0.39, 0.29) is 30.4 Å². The molecule has 0 aliphatic heterocycles. The summed E-state index contributed by atoms with van der Waals surface area (Å²) in [6.45, 7) is 3.99.